The molecular formula is C14H18BrNO. The first kappa shape index (κ1) is 11.5. The van der Waals surface area contributed by atoms with Crippen LogP contribution in [0.2, 0.25) is 0 Å². The fraction of sp³-hybridized carbons (Fsp3) is 0.571. The van der Waals surface area contributed by atoms with Crippen LogP contribution < -0.4 is 10.5 Å². The normalized spacial score (nSPS) is 23.1. The Kier molecular flexibility index (Phi) is 2.37. The molecular weight excluding hydrogens is 278 g/mol. The molecule has 1 aliphatic carbocycles. The van der Waals surface area contributed by atoms with Crippen molar-refractivity contribution >= 4 is 15.9 Å². The quantitative estimate of drug-likeness (QED) is 0.909. The maximum Gasteiger partial charge on any atom is 0.137 e. The number of fused-ring (bicyclic) bond motifs is 1. The van der Waals surface area contributed by atoms with E-state index in [1.54, 1.807) is 0 Å². The molecule has 1 aromatic carbocycles. The molecule has 2 N–H and O–H groups in total. The van der Waals surface area contributed by atoms with Crippen molar-refractivity contribution in [3.8, 4) is 5.75 Å². The summed E-state index contributed by atoms with van der Waals surface area (Å²) in [5.74, 6) is 1.01. The Balaban J connectivity index is 1.92. The lowest BCUT2D eigenvalue weighted by Gasteiger charge is -2.17. The molecule has 1 saturated carbocycles. The van der Waals surface area contributed by atoms with Gasteiger partial charge in [-0.25, -0.2) is 0 Å². The van der Waals surface area contributed by atoms with Gasteiger partial charge in [-0.1, -0.05) is 6.07 Å². The van der Waals surface area contributed by atoms with Crippen molar-refractivity contribution in [3.05, 3.63) is 27.7 Å². The number of hydrogen-bond donors (Lipinski definition) is 1. The molecule has 1 aromatic rings. The highest BCUT2D eigenvalue weighted by Crippen LogP contribution is 2.43. The molecule has 0 saturated heterocycles. The molecule has 0 atom stereocenters. The van der Waals surface area contributed by atoms with E-state index in [1.165, 1.54) is 11.1 Å². The van der Waals surface area contributed by atoms with Gasteiger partial charge in [0.2, 0.25) is 0 Å². The van der Waals surface area contributed by atoms with Crippen LogP contribution in [0.15, 0.2) is 16.6 Å². The minimum Gasteiger partial charge on any atom is -0.486 e. The third-order valence-electron chi connectivity index (χ3n) is 3.62. The molecule has 1 aliphatic heterocycles. The van der Waals surface area contributed by atoms with Gasteiger partial charge in [-0.2, -0.15) is 0 Å². The van der Waals surface area contributed by atoms with Crippen molar-refractivity contribution in [2.75, 3.05) is 0 Å². The average Bonchev–Trinajstić information content (AvgIpc) is 2.79. The first-order valence-electron chi connectivity index (χ1n) is 6.16. The fourth-order valence-corrected chi connectivity index (χ4v) is 3.20. The van der Waals surface area contributed by atoms with E-state index >= 15 is 0 Å². The summed E-state index contributed by atoms with van der Waals surface area (Å²) in [6.45, 7) is 4.26. The monoisotopic (exact) mass is 295 g/mol. The van der Waals surface area contributed by atoms with Gasteiger partial charge in [-0.3, -0.25) is 0 Å². The van der Waals surface area contributed by atoms with Gasteiger partial charge in [-0.05, 0) is 66.2 Å². The zero-order valence-corrected chi connectivity index (χ0v) is 11.9. The lowest BCUT2D eigenvalue weighted by atomic mass is 9.97. The third-order valence-corrected chi connectivity index (χ3v) is 4.21. The van der Waals surface area contributed by atoms with Gasteiger partial charge in [0.25, 0.3) is 0 Å². The number of benzene rings is 1. The van der Waals surface area contributed by atoms with Gasteiger partial charge in [0.1, 0.15) is 11.4 Å². The van der Waals surface area contributed by atoms with Crippen LogP contribution in [-0.2, 0) is 12.8 Å². The van der Waals surface area contributed by atoms with Crippen molar-refractivity contribution in [2.24, 2.45) is 5.73 Å². The summed E-state index contributed by atoms with van der Waals surface area (Å²) in [4.78, 5) is 0. The molecule has 17 heavy (non-hydrogen) atoms. The topological polar surface area (TPSA) is 35.2 Å². The molecule has 92 valence electrons. The van der Waals surface area contributed by atoms with E-state index < -0.39 is 0 Å². The zero-order valence-electron chi connectivity index (χ0n) is 10.3. The minimum absolute atomic E-state index is 0.0721. The van der Waals surface area contributed by atoms with Gasteiger partial charge in [0.05, 0.1) is 4.47 Å². The molecule has 0 bridgehead atoms. The Labute approximate surface area is 111 Å². The van der Waals surface area contributed by atoms with Crippen molar-refractivity contribution in [3.63, 3.8) is 0 Å². The predicted molar refractivity (Wildman–Crippen MR) is 72.4 cm³/mol. The molecule has 0 amide bonds. The van der Waals surface area contributed by atoms with Crippen LogP contribution in [0.25, 0.3) is 0 Å². The van der Waals surface area contributed by atoms with Crippen LogP contribution in [0.5, 0.6) is 5.75 Å². The number of halogens is 1. The van der Waals surface area contributed by atoms with Crippen LogP contribution in [-0.4, -0.2) is 11.1 Å². The molecule has 2 nitrogen and oxygen atoms in total. The van der Waals surface area contributed by atoms with Crippen LogP contribution in [0.1, 0.15) is 37.8 Å². The summed E-state index contributed by atoms with van der Waals surface area (Å²) in [6.07, 6.45) is 4.28. The highest BCUT2D eigenvalue weighted by Gasteiger charge is 2.39. The Morgan fingerprint density at radius 3 is 2.71 bits per heavy atom. The molecule has 1 heterocycles. The van der Waals surface area contributed by atoms with Gasteiger partial charge in [-0.15, -0.1) is 0 Å². The van der Waals surface area contributed by atoms with Crippen LogP contribution in [0.3, 0.4) is 0 Å². The van der Waals surface area contributed by atoms with E-state index in [9.17, 15) is 0 Å². The van der Waals surface area contributed by atoms with Crippen molar-refractivity contribution in [1.29, 1.82) is 0 Å². The van der Waals surface area contributed by atoms with Crippen LogP contribution >= 0.6 is 15.9 Å². The van der Waals surface area contributed by atoms with Crippen molar-refractivity contribution in [2.45, 2.75) is 50.7 Å². The standard InChI is InChI=1S/C14H18BrNO/c1-13(2)8-10-5-9(7-14(16)3-4-14)6-11(15)12(10)17-13/h5-6H,3-4,7-8,16H2,1-2H3. The maximum absolute atomic E-state index is 6.18. The number of nitrogens with two attached hydrogens (primary N) is 1. The van der Waals surface area contributed by atoms with E-state index in [0.29, 0.717) is 0 Å². The molecule has 0 radical (unpaired) electrons. The van der Waals surface area contributed by atoms with Gasteiger partial charge in [0, 0.05) is 12.0 Å². The van der Waals surface area contributed by atoms with Gasteiger partial charge >= 0.3 is 0 Å². The summed E-state index contributed by atoms with van der Waals surface area (Å²) >= 11 is 3.61. The molecule has 3 rings (SSSR count). The minimum atomic E-state index is -0.0799. The molecule has 0 unspecified atom stereocenters. The fourth-order valence-electron chi connectivity index (χ4n) is 2.58. The third kappa shape index (κ3) is 2.23. The average molecular weight is 296 g/mol. The number of ether oxygens (including phenoxy) is 1. The van der Waals surface area contributed by atoms with Crippen LogP contribution in [0.4, 0.5) is 0 Å². The van der Waals surface area contributed by atoms with Crippen molar-refractivity contribution in [1.82, 2.24) is 0 Å². The first-order chi connectivity index (χ1) is 7.87. The number of hydrogen-bond acceptors (Lipinski definition) is 2. The van der Waals surface area contributed by atoms with E-state index in [0.717, 1.165) is 35.9 Å². The second-order valence-corrected chi connectivity index (χ2v) is 7.00. The van der Waals surface area contributed by atoms with Gasteiger partial charge < -0.3 is 10.5 Å². The molecule has 0 aromatic heterocycles. The summed E-state index contributed by atoms with van der Waals surface area (Å²) in [6, 6.07) is 4.43. The lowest BCUT2D eigenvalue weighted by Crippen LogP contribution is -2.24. The largest absolute Gasteiger partial charge is 0.486 e. The Morgan fingerprint density at radius 2 is 2.06 bits per heavy atom. The molecule has 0 spiro atoms. The lowest BCUT2D eigenvalue weighted by molar-refractivity contribution is 0.137. The molecule has 1 fully saturated rings. The van der Waals surface area contributed by atoms with E-state index in [-0.39, 0.29) is 11.1 Å². The van der Waals surface area contributed by atoms with E-state index in [2.05, 4.69) is 41.9 Å². The molecule has 2 aliphatic rings. The number of rotatable bonds is 2. The highest BCUT2D eigenvalue weighted by atomic mass is 79.9. The smallest absolute Gasteiger partial charge is 0.137 e. The Hall–Kier alpha value is -0.540. The SMILES string of the molecule is CC1(C)Cc2cc(CC3(N)CC3)cc(Br)c2O1. The van der Waals surface area contributed by atoms with E-state index in [1.807, 2.05) is 0 Å². The second kappa shape index (κ2) is 3.48. The van der Waals surface area contributed by atoms with Gasteiger partial charge in [0.15, 0.2) is 0 Å². The second-order valence-electron chi connectivity index (χ2n) is 6.14. The zero-order chi connectivity index (χ0) is 12.3. The Bertz CT molecular complexity index is 477. The molecule has 3 heteroatoms. The maximum atomic E-state index is 6.18. The Morgan fingerprint density at radius 1 is 1.35 bits per heavy atom. The summed E-state index contributed by atoms with van der Waals surface area (Å²) in [5, 5.41) is 0. The predicted octanol–water partition coefficient (Wildman–Crippen LogP) is 3.20. The summed E-state index contributed by atoms with van der Waals surface area (Å²) < 4.78 is 7.02. The summed E-state index contributed by atoms with van der Waals surface area (Å²) in [7, 11) is 0. The van der Waals surface area contributed by atoms with Crippen LogP contribution in [0, 0.1) is 0 Å². The highest BCUT2D eigenvalue weighted by molar-refractivity contribution is 9.10. The summed E-state index contributed by atoms with van der Waals surface area (Å²) in [5.41, 5.74) is 8.81. The first-order valence-corrected chi connectivity index (χ1v) is 6.95. The van der Waals surface area contributed by atoms with E-state index in [4.69, 9.17) is 10.5 Å². The van der Waals surface area contributed by atoms with Crippen molar-refractivity contribution < 1.29 is 4.74 Å².